The number of unbranched alkanes of at least 4 members (excludes halogenated alkanes) is 2. The average molecular weight is 2110 g/mol. The summed E-state index contributed by atoms with van der Waals surface area (Å²) in [4.78, 5) is 277. The highest BCUT2D eigenvalue weighted by atomic mass is 32.2. The molecule has 4 aliphatic rings. The number of fused-ring (bicyclic) bond motifs is 12. The average Bonchev–Trinajstić information content (AvgIpc) is 1.64. The number of phenols is 1. The Morgan fingerprint density at radius 1 is 0.534 bits per heavy atom. The smallest absolute Gasteiger partial charge is 0.323 e. The second-order valence-corrected chi connectivity index (χ2v) is 41.4. The standard InChI is InChI=1S/C102H148N22O21S3/c1-11-13-29-79-93(138)113-71(42-58(3)4)83(127)47-64(89(134)109-52-85(104)129)56-148-57-86(130)111-74(44-61-33-35-65(125)36-34-61)96(141)119(8)60(7)88(133)115-76(49-84(103)128)98(143)123-41-25-32-80(123)94(139)118-77-51-110-102(147)106-39-24-18-16-15-17-23-38-105-101(146)107-40-37-70(90(135)117-75(97(142)121(10)81(30-14-12-2)100(145)120(79)9)46-63-53-122(55-87(131)132)78-31-22-20-27-68(63)78)112-91(136)72(45-62-50-108-69-28-21-19-26-67(62)69)114-95(140)82-48-66(126)54-124(82)99(144)73(43-59(5)6)116-92(77)137/h19-22,26-28,31,33-36,50,53,58-60,64,66,70-77,79-82,108,125-126H,11-18,23-25,29-30,32,37-49,51-52,54-57H2,1-10H3,(H2,103,128)(H2,104,129)(H,109,134)(H,111,130)(H,112,136)(H,113,138)(H,114,140)(H,115,133)(H,116,137)(H,117,135)(H,118,139)(H,131,132)(H2,105,107,146)(H2,106,110,147)/t60-,64-,66+,70-,71-,72-,73-,74-,75-,76-,77-,79-,80-,81-,82-/m0/s1. The van der Waals surface area contributed by atoms with Crippen molar-refractivity contribution >= 4 is 174 Å². The number of thiocarbonyl (C=S) groups is 2. The third-order valence-electron chi connectivity index (χ3n) is 27.0. The first-order valence-corrected chi connectivity index (χ1v) is 53.0. The number of carboxylic acids is 1. The summed E-state index contributed by atoms with van der Waals surface area (Å²) >= 11 is 12.4. The summed E-state index contributed by atoms with van der Waals surface area (Å²) in [5.74, 6) is -19.4. The van der Waals surface area contributed by atoms with E-state index in [0.717, 1.165) is 52.1 Å². The molecule has 4 fully saturated rings. The highest BCUT2D eigenvalue weighted by Gasteiger charge is 2.47. The zero-order chi connectivity index (χ0) is 108. The number of amides is 16. The number of aliphatic carboxylic acids is 1. The first-order valence-electron chi connectivity index (χ1n) is 51.1. The van der Waals surface area contributed by atoms with Crippen LogP contribution in [0, 0.1) is 17.8 Å². The fourth-order valence-corrected chi connectivity index (χ4v) is 20.2. The first-order chi connectivity index (χ1) is 70.4. The molecule has 2 bridgehead atoms. The van der Waals surface area contributed by atoms with Crippen LogP contribution in [0.25, 0.3) is 21.8 Å². The summed E-state index contributed by atoms with van der Waals surface area (Å²) in [7, 11) is 3.99. The highest BCUT2D eigenvalue weighted by molar-refractivity contribution is 8.00. The maximum absolute atomic E-state index is 16.3. The van der Waals surface area contributed by atoms with Crippen molar-refractivity contribution in [3.8, 4) is 5.75 Å². The molecule has 16 amide bonds. The van der Waals surface area contributed by atoms with Gasteiger partial charge in [0.05, 0.1) is 36.8 Å². The monoisotopic (exact) mass is 2110 g/mol. The summed E-state index contributed by atoms with van der Waals surface area (Å²) in [6.45, 7) is 10.5. The van der Waals surface area contributed by atoms with Gasteiger partial charge < -0.3 is 130 Å². The molecular formula is C102H148N22O21S3. The van der Waals surface area contributed by atoms with Crippen LogP contribution in [-0.2, 0) is 112 Å². The summed E-state index contributed by atoms with van der Waals surface area (Å²) in [6, 6.07) is -0.507. The highest BCUT2D eigenvalue weighted by Crippen LogP contribution is 2.30. The van der Waals surface area contributed by atoms with Crippen LogP contribution in [0.5, 0.6) is 5.75 Å². The van der Waals surface area contributed by atoms with Crippen molar-refractivity contribution in [1.82, 2.24) is 103 Å². The molecule has 810 valence electrons. The van der Waals surface area contributed by atoms with Gasteiger partial charge in [-0.2, -0.15) is 11.8 Å². The number of nitrogens with zero attached hydrogens (tertiary/aromatic N) is 6. The van der Waals surface area contributed by atoms with E-state index < -0.39 is 254 Å². The van der Waals surface area contributed by atoms with Crippen LogP contribution in [0.2, 0.25) is 0 Å². The zero-order valence-electron chi connectivity index (χ0n) is 86.0. The van der Waals surface area contributed by atoms with Crippen molar-refractivity contribution in [1.29, 1.82) is 0 Å². The van der Waals surface area contributed by atoms with Crippen LogP contribution < -0.4 is 80.6 Å². The molecule has 3 aromatic carbocycles. The molecule has 0 radical (unpaired) electrons. The fraction of sp³-hybridized carbons (Fsp3) is 0.588. The van der Waals surface area contributed by atoms with Crippen LogP contribution in [-0.4, -0.2) is 329 Å². The number of H-pyrrole nitrogens is 1. The fourth-order valence-electron chi connectivity index (χ4n) is 18.9. The lowest BCUT2D eigenvalue weighted by Crippen LogP contribution is -2.62. The molecule has 43 nitrogen and oxygen atoms in total. The number of benzene rings is 3. The lowest BCUT2D eigenvalue weighted by molar-refractivity contribution is -0.149. The Hall–Kier alpha value is -13.1. The molecule has 0 spiro atoms. The number of aliphatic hydroxyl groups is 1. The number of carboxylic acid groups (broad SMARTS) is 1. The molecule has 21 N–H and O–H groups in total. The summed E-state index contributed by atoms with van der Waals surface area (Å²) < 4.78 is 1.46. The van der Waals surface area contributed by atoms with Crippen LogP contribution in [0.4, 0.5) is 0 Å². The molecule has 0 saturated carbocycles. The Morgan fingerprint density at radius 2 is 1.09 bits per heavy atom. The molecule has 6 heterocycles. The van der Waals surface area contributed by atoms with Crippen molar-refractivity contribution < 1.29 is 102 Å². The number of aromatic hydroxyl groups is 1. The third-order valence-corrected chi connectivity index (χ3v) is 28.7. The molecule has 148 heavy (non-hydrogen) atoms. The molecule has 4 saturated heterocycles. The van der Waals surface area contributed by atoms with Gasteiger partial charge in [0.1, 0.15) is 84.8 Å². The minimum Gasteiger partial charge on any atom is -0.508 e. The van der Waals surface area contributed by atoms with Crippen LogP contribution in [0.15, 0.2) is 85.2 Å². The van der Waals surface area contributed by atoms with Gasteiger partial charge in [-0.3, -0.25) is 86.3 Å². The predicted octanol–water partition coefficient (Wildman–Crippen LogP) is 1.22. The number of hydrogen-bond donors (Lipinski definition) is 19. The van der Waals surface area contributed by atoms with Crippen molar-refractivity contribution in [2.45, 2.75) is 287 Å². The number of aromatic amines is 1. The van der Waals surface area contributed by atoms with E-state index in [2.05, 4.69) is 74.1 Å². The van der Waals surface area contributed by atoms with E-state index in [-0.39, 0.29) is 105 Å². The first kappa shape index (κ1) is 118. The summed E-state index contributed by atoms with van der Waals surface area (Å²) in [5.41, 5.74) is 13.6. The molecule has 0 unspecified atom stereocenters. The predicted molar refractivity (Wildman–Crippen MR) is 563 cm³/mol. The number of para-hydroxylation sites is 2. The van der Waals surface area contributed by atoms with Crippen LogP contribution in [0.1, 0.15) is 194 Å². The SMILES string of the molecule is CCCC[C@H]1C(=O)N(C)[C@@H](CCCC)C(=O)N[C@@H](CC(C)C)C(=O)C[C@H](C(=O)NCC(N)=O)CSCC(=O)N[C@@H](Cc2ccc(O)cc2)C(=O)N(C)[C@@H](C)C(=O)N[C@@H](CC(N)=O)C(=O)N2CCC[C@H]2C(=O)N[C@H]2CNC(=S)NCCCCCCCCNC(=S)NCC[C@H](NC(=O)[C@H](Cc3c[nH]c4ccccc34)NC(=O)[C@@H]3C[C@@H](O)CN3C(=O)[C@H](CC(C)C)NC2=O)C(=O)N[C@@H](Cc2cn(CC(=O)O)c3ccccc23)C(=O)N1C. The van der Waals surface area contributed by atoms with Gasteiger partial charge in [-0.15, -0.1) is 0 Å². The number of ketones is 1. The number of likely N-dealkylation sites (N-methyl/N-ethyl adjacent to an activating group) is 3. The zero-order valence-corrected chi connectivity index (χ0v) is 88.4. The second kappa shape index (κ2) is 58.0. The number of nitrogens with one attached hydrogen (secondary N) is 14. The number of carbonyl (C=O) groups excluding carboxylic acids is 17. The molecule has 46 heteroatoms. The minimum atomic E-state index is -1.79. The lowest BCUT2D eigenvalue weighted by atomic mass is 9.93. The molecule has 4 aliphatic heterocycles. The van der Waals surface area contributed by atoms with Gasteiger partial charge in [0, 0.05) is 132 Å². The quantitative estimate of drug-likeness (QED) is 0.0409. The van der Waals surface area contributed by atoms with Gasteiger partial charge in [-0.05, 0) is 142 Å². The van der Waals surface area contributed by atoms with E-state index in [1.165, 1.54) is 72.9 Å². The maximum Gasteiger partial charge on any atom is 0.323 e. The molecule has 5 aromatic rings. The number of phenolic OH excluding ortho intramolecular Hbond substituents is 1. The minimum absolute atomic E-state index is 0.0129. The summed E-state index contributed by atoms with van der Waals surface area (Å²) in [5, 5.41) is 71.0. The number of carbonyl (C=O) groups is 18. The van der Waals surface area contributed by atoms with Crippen LogP contribution in [0.3, 0.4) is 0 Å². The van der Waals surface area contributed by atoms with Crippen molar-refractivity contribution in [3.63, 3.8) is 0 Å². The second-order valence-electron chi connectivity index (χ2n) is 39.5. The molecule has 15 atom stereocenters. The van der Waals surface area contributed by atoms with E-state index >= 15 is 52.7 Å². The summed E-state index contributed by atoms with van der Waals surface area (Å²) in [6.07, 6.45) is 4.92. The van der Waals surface area contributed by atoms with E-state index in [1.807, 2.05) is 13.8 Å². The van der Waals surface area contributed by atoms with Gasteiger partial charge >= 0.3 is 5.97 Å². The van der Waals surface area contributed by atoms with Gasteiger partial charge in [0.25, 0.3) is 0 Å². The van der Waals surface area contributed by atoms with Gasteiger partial charge in [-0.1, -0.05) is 141 Å². The number of primary amides is 2. The Morgan fingerprint density at radius 3 is 1.74 bits per heavy atom. The molecule has 0 aliphatic carbocycles. The molecule has 9 rings (SSSR count). The van der Waals surface area contributed by atoms with Crippen molar-refractivity contribution in [2.24, 2.45) is 29.2 Å². The Bertz CT molecular complexity index is 5530. The molecule has 2 aromatic heterocycles. The third kappa shape index (κ3) is 35.0. The Labute approximate surface area is 876 Å². The molecular weight excluding hydrogens is 1970 g/mol. The lowest BCUT2D eigenvalue weighted by Gasteiger charge is -2.36. The van der Waals surface area contributed by atoms with E-state index in [1.54, 1.807) is 82.4 Å². The number of nitrogens with two attached hydrogens (primary N) is 2. The van der Waals surface area contributed by atoms with E-state index in [4.69, 9.17) is 35.9 Å². The number of Topliss-reactive ketones (excluding diaryl/α,β-unsaturated/α-hetero) is 1. The largest absolute Gasteiger partial charge is 0.508 e. The topological polar surface area (TPSA) is 613 Å². The Balaban J connectivity index is 1.17. The number of thioether (sulfide) groups is 1. The number of aliphatic hydroxyl groups excluding tert-OH is 1. The van der Waals surface area contributed by atoms with Crippen LogP contribution >= 0.6 is 36.2 Å². The maximum atomic E-state index is 16.3. The van der Waals surface area contributed by atoms with E-state index in [0.29, 0.717) is 90.1 Å². The Kier molecular flexibility index (Phi) is 46.4. The van der Waals surface area contributed by atoms with E-state index in [9.17, 15) is 48.9 Å². The number of rotatable bonds is 23. The van der Waals surface area contributed by atoms with Gasteiger partial charge in [-0.25, -0.2) is 0 Å². The number of hydrogen-bond acceptors (Lipinski definition) is 23. The van der Waals surface area contributed by atoms with Gasteiger partial charge in [0.2, 0.25) is 94.5 Å². The van der Waals surface area contributed by atoms with Gasteiger partial charge in [0.15, 0.2) is 16.0 Å². The van der Waals surface area contributed by atoms with Crippen molar-refractivity contribution in [3.05, 3.63) is 102 Å². The number of aromatic nitrogens is 2. The normalized spacial score (nSPS) is 25.1. The van der Waals surface area contributed by atoms with Crippen molar-refractivity contribution in [2.75, 3.05) is 78.5 Å².